The molecule has 1 unspecified atom stereocenters. The number of ether oxygens (including phenoxy) is 1. The topological polar surface area (TPSA) is 86.4 Å². The normalized spacial score (nSPS) is 26.9. The summed E-state index contributed by atoms with van der Waals surface area (Å²) in [5, 5.41) is 11.6. The Hall–Kier alpha value is -2.32. The standard InChI is InChI=1S/C19H26N6O2/c1-27-9-7-21-19(26)16-12-24-8-5-14(16)10-15(24)11-25-13-18(22-23-25)17-4-2-3-6-20-17/h2-4,6,13-16H,5,7-12H2,1H3,(H,21,26)/p+1/t14-,15+,16-/m0/s1. The van der Waals surface area contributed by atoms with Crippen LogP contribution in [0.5, 0.6) is 0 Å². The number of fused-ring (bicyclic) bond motifs is 3. The number of hydrogen-bond acceptors (Lipinski definition) is 5. The van der Waals surface area contributed by atoms with Crippen molar-refractivity contribution in [2.24, 2.45) is 11.8 Å². The molecular weight excluding hydrogens is 344 g/mol. The molecule has 8 nitrogen and oxygen atoms in total. The third-order valence-electron chi connectivity index (χ3n) is 5.87. The minimum absolute atomic E-state index is 0.127. The van der Waals surface area contributed by atoms with E-state index in [1.807, 2.05) is 29.1 Å². The fraction of sp³-hybridized carbons (Fsp3) is 0.579. The summed E-state index contributed by atoms with van der Waals surface area (Å²) in [6, 6.07) is 6.28. The van der Waals surface area contributed by atoms with Gasteiger partial charge in [0.15, 0.2) is 0 Å². The van der Waals surface area contributed by atoms with Gasteiger partial charge in [-0.2, -0.15) is 0 Å². The van der Waals surface area contributed by atoms with Gasteiger partial charge in [0.25, 0.3) is 0 Å². The number of carbonyl (C=O) groups is 1. The van der Waals surface area contributed by atoms with E-state index in [4.69, 9.17) is 4.74 Å². The number of methoxy groups -OCH3 is 1. The minimum Gasteiger partial charge on any atom is -0.383 e. The molecular formula is C19H27N6O2+. The summed E-state index contributed by atoms with van der Waals surface area (Å²) in [5.74, 6) is 0.779. The first-order valence-electron chi connectivity index (χ1n) is 9.67. The van der Waals surface area contributed by atoms with Crippen LogP contribution in [0.4, 0.5) is 0 Å². The van der Waals surface area contributed by atoms with Crippen molar-refractivity contribution in [2.45, 2.75) is 25.4 Å². The summed E-state index contributed by atoms with van der Waals surface area (Å²) in [4.78, 5) is 18.3. The molecule has 0 radical (unpaired) electrons. The van der Waals surface area contributed by atoms with Crippen LogP contribution in [-0.2, 0) is 16.1 Å². The quantitative estimate of drug-likeness (QED) is 0.635. The summed E-state index contributed by atoms with van der Waals surface area (Å²) in [5.41, 5.74) is 1.64. The third-order valence-corrected chi connectivity index (χ3v) is 5.87. The first kappa shape index (κ1) is 18.1. The second-order valence-corrected chi connectivity index (χ2v) is 7.52. The average molecular weight is 371 g/mol. The molecule has 5 heterocycles. The lowest BCUT2D eigenvalue weighted by Gasteiger charge is -2.46. The molecule has 2 bridgehead atoms. The predicted molar refractivity (Wildman–Crippen MR) is 98.8 cm³/mol. The molecule has 2 N–H and O–H groups in total. The van der Waals surface area contributed by atoms with E-state index in [1.165, 1.54) is 4.90 Å². The van der Waals surface area contributed by atoms with Gasteiger partial charge in [0.1, 0.15) is 11.7 Å². The van der Waals surface area contributed by atoms with E-state index in [0.717, 1.165) is 43.9 Å². The maximum Gasteiger partial charge on any atom is 0.229 e. The molecule has 0 spiro atoms. The first-order valence-corrected chi connectivity index (χ1v) is 9.67. The number of quaternary nitrogens is 1. The zero-order chi connectivity index (χ0) is 18.6. The van der Waals surface area contributed by atoms with Gasteiger partial charge in [-0.15, -0.1) is 5.10 Å². The highest BCUT2D eigenvalue weighted by Gasteiger charge is 2.46. The third kappa shape index (κ3) is 4.01. The van der Waals surface area contributed by atoms with Crippen LogP contribution in [0.15, 0.2) is 30.6 Å². The highest BCUT2D eigenvalue weighted by molar-refractivity contribution is 5.79. The molecule has 0 saturated carbocycles. The Kier molecular flexibility index (Phi) is 5.45. The Morgan fingerprint density at radius 2 is 2.33 bits per heavy atom. The minimum atomic E-state index is 0.127. The number of hydrogen-bond donors (Lipinski definition) is 2. The Morgan fingerprint density at radius 1 is 1.41 bits per heavy atom. The van der Waals surface area contributed by atoms with Crippen LogP contribution < -0.4 is 10.2 Å². The van der Waals surface area contributed by atoms with E-state index < -0.39 is 0 Å². The summed E-state index contributed by atoms with van der Waals surface area (Å²) >= 11 is 0. The van der Waals surface area contributed by atoms with Crippen molar-refractivity contribution in [1.82, 2.24) is 25.3 Å². The van der Waals surface area contributed by atoms with Gasteiger partial charge in [-0.05, 0) is 18.1 Å². The SMILES string of the molecule is COCCNC(=O)[C@H]1C[NH+]2CC[C@H]1C[C@@H]2Cn1cc(-c2ccccn2)nn1. The number of rotatable bonds is 7. The molecule has 4 atom stereocenters. The average Bonchev–Trinajstić information content (AvgIpc) is 3.18. The van der Waals surface area contributed by atoms with Crippen LogP contribution >= 0.6 is 0 Å². The van der Waals surface area contributed by atoms with Gasteiger partial charge in [-0.1, -0.05) is 11.3 Å². The highest BCUT2D eigenvalue weighted by Crippen LogP contribution is 2.27. The largest absolute Gasteiger partial charge is 0.383 e. The lowest BCUT2D eigenvalue weighted by atomic mass is 9.75. The fourth-order valence-corrected chi connectivity index (χ4v) is 4.47. The number of carbonyl (C=O) groups excluding carboxylic acids is 1. The number of piperidine rings is 3. The molecule has 0 aliphatic carbocycles. The van der Waals surface area contributed by atoms with Crippen LogP contribution in [0.2, 0.25) is 0 Å². The van der Waals surface area contributed by atoms with Gasteiger partial charge in [-0.25, -0.2) is 4.68 Å². The Balaban J connectivity index is 1.36. The first-order chi connectivity index (χ1) is 13.2. The van der Waals surface area contributed by atoms with Gasteiger partial charge in [-0.3, -0.25) is 9.78 Å². The summed E-state index contributed by atoms with van der Waals surface area (Å²) in [6.45, 7) is 4.04. The molecule has 0 aromatic carbocycles. The second kappa shape index (κ2) is 8.14. The van der Waals surface area contributed by atoms with Gasteiger partial charge in [0, 0.05) is 32.7 Å². The second-order valence-electron chi connectivity index (χ2n) is 7.52. The van der Waals surface area contributed by atoms with Crippen molar-refractivity contribution in [3.63, 3.8) is 0 Å². The summed E-state index contributed by atoms with van der Waals surface area (Å²) in [7, 11) is 1.65. The van der Waals surface area contributed by atoms with Crippen molar-refractivity contribution in [2.75, 3.05) is 33.4 Å². The van der Waals surface area contributed by atoms with Gasteiger partial charge >= 0.3 is 0 Å². The highest BCUT2D eigenvalue weighted by atomic mass is 16.5. The van der Waals surface area contributed by atoms with Crippen LogP contribution in [-0.4, -0.2) is 65.3 Å². The van der Waals surface area contributed by atoms with Gasteiger partial charge in [0.05, 0.1) is 44.0 Å². The van der Waals surface area contributed by atoms with E-state index >= 15 is 0 Å². The molecule has 3 aliphatic heterocycles. The molecule has 27 heavy (non-hydrogen) atoms. The van der Waals surface area contributed by atoms with Crippen molar-refractivity contribution >= 4 is 5.91 Å². The lowest BCUT2D eigenvalue weighted by Crippen LogP contribution is -3.20. The van der Waals surface area contributed by atoms with Gasteiger partial charge < -0.3 is 15.0 Å². The molecule has 1 amide bonds. The van der Waals surface area contributed by atoms with E-state index in [0.29, 0.717) is 25.1 Å². The number of nitrogens with one attached hydrogen (secondary N) is 2. The van der Waals surface area contributed by atoms with Gasteiger partial charge in [0.2, 0.25) is 5.91 Å². The van der Waals surface area contributed by atoms with Crippen LogP contribution in [0.3, 0.4) is 0 Å². The van der Waals surface area contributed by atoms with Crippen molar-refractivity contribution in [3.8, 4) is 11.4 Å². The molecule has 2 aromatic rings. The molecule has 3 aliphatic rings. The van der Waals surface area contributed by atoms with Crippen molar-refractivity contribution in [1.29, 1.82) is 0 Å². The molecule has 144 valence electrons. The lowest BCUT2D eigenvalue weighted by molar-refractivity contribution is -0.945. The van der Waals surface area contributed by atoms with E-state index in [-0.39, 0.29) is 11.8 Å². The van der Waals surface area contributed by atoms with E-state index in [1.54, 1.807) is 13.3 Å². The molecule has 8 heteroatoms. The predicted octanol–water partition coefficient (Wildman–Crippen LogP) is -0.604. The molecule has 2 aromatic heterocycles. The number of nitrogens with zero attached hydrogens (tertiary/aromatic N) is 4. The Morgan fingerprint density at radius 3 is 3.07 bits per heavy atom. The maximum atomic E-state index is 12.5. The zero-order valence-corrected chi connectivity index (χ0v) is 15.7. The van der Waals surface area contributed by atoms with Crippen molar-refractivity contribution < 1.29 is 14.4 Å². The smallest absolute Gasteiger partial charge is 0.229 e. The molecule has 3 fully saturated rings. The maximum absolute atomic E-state index is 12.5. The van der Waals surface area contributed by atoms with Crippen LogP contribution in [0, 0.1) is 11.8 Å². The fourth-order valence-electron chi connectivity index (χ4n) is 4.47. The van der Waals surface area contributed by atoms with E-state index in [2.05, 4.69) is 20.6 Å². The van der Waals surface area contributed by atoms with E-state index in [9.17, 15) is 4.79 Å². The van der Waals surface area contributed by atoms with Crippen LogP contribution in [0.1, 0.15) is 12.8 Å². The zero-order valence-electron chi connectivity index (χ0n) is 15.7. The Bertz CT molecular complexity index is 765. The summed E-state index contributed by atoms with van der Waals surface area (Å²) in [6.07, 6.45) is 5.93. The van der Waals surface area contributed by atoms with Crippen LogP contribution in [0.25, 0.3) is 11.4 Å². The van der Waals surface area contributed by atoms with Crippen molar-refractivity contribution in [3.05, 3.63) is 30.6 Å². The molecule has 5 rings (SSSR count). The number of amides is 1. The summed E-state index contributed by atoms with van der Waals surface area (Å²) < 4.78 is 6.95. The monoisotopic (exact) mass is 371 g/mol. The number of pyridine rings is 1. The number of aromatic nitrogens is 4. The Labute approximate surface area is 158 Å². The molecule has 3 saturated heterocycles.